The van der Waals surface area contributed by atoms with E-state index in [1.165, 1.54) is 20.8 Å². The standard InChI is InChI=1S/C16H12F10O4/c1-12(2,3)7-4-5-8(29-11(28)14(19,20)21)9(6-7)30-10(27)13(17,18)15(22,23)16(24,25)26/h4-6H,1-3H3. The van der Waals surface area contributed by atoms with E-state index < -0.39 is 53.1 Å². The van der Waals surface area contributed by atoms with Gasteiger partial charge in [0.15, 0.2) is 11.5 Å². The minimum absolute atomic E-state index is 0.0583. The van der Waals surface area contributed by atoms with Crippen molar-refractivity contribution < 1.29 is 63.0 Å². The molecule has 0 amide bonds. The van der Waals surface area contributed by atoms with Crippen LogP contribution in [0.5, 0.6) is 11.5 Å². The number of hydrogen-bond acceptors (Lipinski definition) is 4. The van der Waals surface area contributed by atoms with Crippen LogP contribution >= 0.6 is 0 Å². The summed E-state index contributed by atoms with van der Waals surface area (Å²) in [6.07, 6.45) is -12.4. The minimum atomic E-state index is -6.86. The third kappa shape index (κ3) is 5.14. The lowest BCUT2D eigenvalue weighted by atomic mass is 9.87. The molecule has 30 heavy (non-hydrogen) atoms. The fourth-order valence-corrected chi connectivity index (χ4v) is 1.77. The van der Waals surface area contributed by atoms with E-state index in [1.54, 1.807) is 0 Å². The zero-order chi connectivity index (χ0) is 23.9. The Balaban J connectivity index is 3.43. The van der Waals surface area contributed by atoms with Crippen LogP contribution in [-0.2, 0) is 15.0 Å². The number of benzene rings is 1. The number of carbonyl (C=O) groups excluding carboxylic acids is 2. The number of alkyl halides is 10. The van der Waals surface area contributed by atoms with Crippen LogP contribution in [0.25, 0.3) is 0 Å². The first kappa shape index (κ1) is 25.5. The Labute approximate surface area is 161 Å². The first-order chi connectivity index (χ1) is 13.1. The van der Waals surface area contributed by atoms with Crippen LogP contribution < -0.4 is 9.47 Å². The van der Waals surface area contributed by atoms with Crippen molar-refractivity contribution in [2.45, 2.75) is 50.4 Å². The average Bonchev–Trinajstić information content (AvgIpc) is 2.52. The molecule has 0 N–H and O–H groups in total. The summed E-state index contributed by atoms with van der Waals surface area (Å²) < 4.78 is 134. The van der Waals surface area contributed by atoms with Crippen LogP contribution in [0, 0.1) is 0 Å². The van der Waals surface area contributed by atoms with Crippen LogP contribution in [0.4, 0.5) is 43.9 Å². The molecule has 0 saturated carbocycles. The fourth-order valence-electron chi connectivity index (χ4n) is 1.77. The van der Waals surface area contributed by atoms with Gasteiger partial charge >= 0.3 is 36.1 Å². The summed E-state index contributed by atoms with van der Waals surface area (Å²) in [6.45, 7) is 4.46. The van der Waals surface area contributed by atoms with E-state index in [4.69, 9.17) is 0 Å². The van der Waals surface area contributed by atoms with Crippen molar-refractivity contribution in [2.75, 3.05) is 0 Å². The normalized spacial score (nSPS) is 13.8. The largest absolute Gasteiger partial charge is 0.491 e. The molecule has 170 valence electrons. The molecule has 0 aliphatic rings. The smallest absolute Gasteiger partial charge is 0.418 e. The van der Waals surface area contributed by atoms with Gasteiger partial charge < -0.3 is 9.47 Å². The second-order valence-corrected chi connectivity index (χ2v) is 6.83. The number of esters is 2. The quantitative estimate of drug-likeness (QED) is 0.354. The molecular weight excluding hydrogens is 446 g/mol. The molecule has 14 heteroatoms. The van der Waals surface area contributed by atoms with Gasteiger partial charge in [-0.3, -0.25) is 0 Å². The molecule has 0 heterocycles. The first-order valence-corrected chi connectivity index (χ1v) is 7.60. The van der Waals surface area contributed by atoms with Crippen LogP contribution in [0.15, 0.2) is 18.2 Å². The molecule has 0 aliphatic heterocycles. The molecule has 0 radical (unpaired) electrons. The van der Waals surface area contributed by atoms with E-state index in [-0.39, 0.29) is 5.56 Å². The van der Waals surface area contributed by atoms with Crippen molar-refractivity contribution in [2.24, 2.45) is 0 Å². The molecular formula is C16H12F10O4. The van der Waals surface area contributed by atoms with Gasteiger partial charge in [-0.2, -0.15) is 43.9 Å². The SMILES string of the molecule is CC(C)(C)c1ccc(OC(=O)C(F)(F)F)c(OC(=O)C(F)(F)C(F)(F)C(F)(F)F)c1. The Morgan fingerprint density at radius 2 is 1.20 bits per heavy atom. The van der Waals surface area contributed by atoms with Gasteiger partial charge in [-0.1, -0.05) is 26.8 Å². The second-order valence-electron chi connectivity index (χ2n) is 6.83. The van der Waals surface area contributed by atoms with E-state index in [0.29, 0.717) is 12.1 Å². The molecule has 0 aromatic heterocycles. The van der Waals surface area contributed by atoms with Crippen LogP contribution in [-0.4, -0.2) is 36.1 Å². The molecule has 0 spiro atoms. The van der Waals surface area contributed by atoms with Crippen LogP contribution in [0.1, 0.15) is 26.3 Å². The number of ether oxygens (including phenoxy) is 2. The van der Waals surface area contributed by atoms with Crippen molar-refractivity contribution in [3.05, 3.63) is 23.8 Å². The van der Waals surface area contributed by atoms with Gasteiger partial charge in [0.05, 0.1) is 0 Å². The lowest BCUT2D eigenvalue weighted by Gasteiger charge is -2.27. The maximum Gasteiger partial charge on any atom is 0.491 e. The van der Waals surface area contributed by atoms with Crippen molar-refractivity contribution in [1.82, 2.24) is 0 Å². The third-order valence-electron chi connectivity index (χ3n) is 3.45. The second kappa shape index (κ2) is 7.61. The summed E-state index contributed by atoms with van der Waals surface area (Å²) in [5.41, 5.74) is -0.824. The molecule has 0 saturated heterocycles. The van der Waals surface area contributed by atoms with Crippen LogP contribution in [0.3, 0.4) is 0 Å². The molecule has 1 aromatic carbocycles. The minimum Gasteiger partial charge on any atom is -0.418 e. The Kier molecular flexibility index (Phi) is 6.47. The first-order valence-electron chi connectivity index (χ1n) is 7.60. The van der Waals surface area contributed by atoms with E-state index in [0.717, 1.165) is 6.07 Å². The van der Waals surface area contributed by atoms with E-state index in [9.17, 15) is 53.5 Å². The van der Waals surface area contributed by atoms with Crippen molar-refractivity contribution in [3.8, 4) is 11.5 Å². The molecule has 1 rings (SSSR count). The Hall–Kier alpha value is -2.54. The highest BCUT2D eigenvalue weighted by atomic mass is 19.4. The van der Waals surface area contributed by atoms with Gasteiger partial charge in [0.2, 0.25) is 0 Å². The lowest BCUT2D eigenvalue weighted by molar-refractivity contribution is -0.346. The summed E-state index contributed by atoms with van der Waals surface area (Å²) in [6, 6.07) is 2.17. The van der Waals surface area contributed by atoms with Gasteiger partial charge in [-0.15, -0.1) is 0 Å². The van der Waals surface area contributed by atoms with E-state index in [2.05, 4.69) is 9.47 Å². The maximum absolute atomic E-state index is 13.5. The highest BCUT2D eigenvalue weighted by molar-refractivity contribution is 5.83. The Morgan fingerprint density at radius 1 is 0.733 bits per heavy atom. The molecule has 0 fully saturated rings. The van der Waals surface area contributed by atoms with E-state index >= 15 is 0 Å². The van der Waals surface area contributed by atoms with Gasteiger partial charge in [0, 0.05) is 0 Å². The van der Waals surface area contributed by atoms with E-state index in [1.807, 2.05) is 0 Å². The summed E-state index contributed by atoms with van der Waals surface area (Å²) in [7, 11) is 0. The number of halogens is 10. The molecule has 0 atom stereocenters. The number of carbonyl (C=O) groups is 2. The monoisotopic (exact) mass is 458 g/mol. The van der Waals surface area contributed by atoms with Gasteiger partial charge in [0.25, 0.3) is 0 Å². The predicted molar refractivity (Wildman–Crippen MR) is 78.4 cm³/mol. The van der Waals surface area contributed by atoms with Gasteiger partial charge in [-0.05, 0) is 23.1 Å². The molecule has 4 nitrogen and oxygen atoms in total. The summed E-state index contributed by atoms with van der Waals surface area (Å²) >= 11 is 0. The zero-order valence-electron chi connectivity index (χ0n) is 15.1. The van der Waals surface area contributed by atoms with Crippen molar-refractivity contribution in [3.63, 3.8) is 0 Å². The molecule has 0 bridgehead atoms. The topological polar surface area (TPSA) is 52.6 Å². The maximum atomic E-state index is 13.5. The average molecular weight is 458 g/mol. The summed E-state index contributed by atoms with van der Waals surface area (Å²) in [4.78, 5) is 22.3. The third-order valence-corrected chi connectivity index (χ3v) is 3.45. The summed E-state index contributed by atoms with van der Waals surface area (Å²) in [5.74, 6) is -22.3. The van der Waals surface area contributed by atoms with Crippen molar-refractivity contribution in [1.29, 1.82) is 0 Å². The number of rotatable bonds is 4. The summed E-state index contributed by atoms with van der Waals surface area (Å²) in [5, 5.41) is 0. The van der Waals surface area contributed by atoms with Gasteiger partial charge in [0.1, 0.15) is 0 Å². The molecule has 0 aliphatic carbocycles. The predicted octanol–water partition coefficient (Wildman–Crippen LogP) is 5.19. The zero-order valence-corrected chi connectivity index (χ0v) is 15.1. The highest BCUT2D eigenvalue weighted by Gasteiger charge is 2.77. The Bertz CT molecular complexity index is 819. The van der Waals surface area contributed by atoms with Crippen molar-refractivity contribution >= 4 is 11.9 Å². The highest BCUT2D eigenvalue weighted by Crippen LogP contribution is 2.47. The molecule has 0 unspecified atom stereocenters. The van der Waals surface area contributed by atoms with Gasteiger partial charge in [-0.25, -0.2) is 9.59 Å². The fraction of sp³-hybridized carbons (Fsp3) is 0.500. The molecule has 1 aromatic rings. The van der Waals surface area contributed by atoms with Crippen LogP contribution in [0.2, 0.25) is 0 Å². The number of hydrogen-bond donors (Lipinski definition) is 0. The lowest BCUT2D eigenvalue weighted by Crippen LogP contribution is -2.57. The Morgan fingerprint density at radius 3 is 1.60 bits per heavy atom.